The lowest BCUT2D eigenvalue weighted by Crippen LogP contribution is -2.30. The Bertz CT molecular complexity index is 585. The molecule has 0 aliphatic heterocycles. The van der Waals surface area contributed by atoms with Gasteiger partial charge in [0.1, 0.15) is 17.1 Å². The number of carboxylic acids is 1. The van der Waals surface area contributed by atoms with Gasteiger partial charge in [0.15, 0.2) is 0 Å². The van der Waals surface area contributed by atoms with E-state index in [0.717, 1.165) is 0 Å². The predicted molar refractivity (Wildman–Crippen MR) is 55.2 cm³/mol. The summed E-state index contributed by atoms with van der Waals surface area (Å²) in [5.41, 5.74) is 0.360. The van der Waals surface area contributed by atoms with Crippen molar-refractivity contribution in [1.82, 2.24) is 15.0 Å². The molecule has 0 saturated heterocycles. The summed E-state index contributed by atoms with van der Waals surface area (Å²) in [6, 6.07) is 0. The molecule has 0 unspecified atom stereocenters. The van der Waals surface area contributed by atoms with E-state index in [-0.39, 0.29) is 16.1 Å². The maximum absolute atomic E-state index is 13.1. The number of nitrogens with one attached hydrogen (secondary N) is 1. The number of aliphatic carboxylic acids is 1. The van der Waals surface area contributed by atoms with Crippen LogP contribution in [0.3, 0.4) is 0 Å². The molecule has 2 aromatic heterocycles. The van der Waals surface area contributed by atoms with Crippen molar-refractivity contribution in [2.75, 3.05) is 0 Å². The van der Waals surface area contributed by atoms with Crippen LogP contribution in [0.5, 0.6) is 0 Å². The molecule has 0 radical (unpaired) electrons. The summed E-state index contributed by atoms with van der Waals surface area (Å²) in [5.74, 6) is -6.03. The summed E-state index contributed by atoms with van der Waals surface area (Å²) >= 11 is 5.75. The van der Waals surface area contributed by atoms with Gasteiger partial charge < -0.3 is 10.1 Å². The summed E-state index contributed by atoms with van der Waals surface area (Å²) in [7, 11) is 0. The third-order valence-electron chi connectivity index (χ3n) is 2.23. The number of H-pyrrole nitrogens is 1. The summed E-state index contributed by atoms with van der Waals surface area (Å²) in [4.78, 5) is 20.4. The molecule has 0 amide bonds. The van der Waals surface area contributed by atoms with Gasteiger partial charge in [0.25, 0.3) is 0 Å². The number of nitrogens with zero attached hydrogens (tertiary/aromatic N) is 2. The van der Waals surface area contributed by atoms with Gasteiger partial charge in [-0.25, -0.2) is 14.8 Å². The molecule has 8 heteroatoms. The lowest BCUT2D eigenvalue weighted by molar-refractivity contribution is -0.164. The van der Waals surface area contributed by atoms with Crippen LogP contribution in [0.1, 0.15) is 5.56 Å². The zero-order valence-electron chi connectivity index (χ0n) is 8.25. The Morgan fingerprint density at radius 1 is 1.53 bits per heavy atom. The van der Waals surface area contributed by atoms with Gasteiger partial charge in [-0.15, -0.1) is 0 Å². The molecule has 0 atom stereocenters. The van der Waals surface area contributed by atoms with Gasteiger partial charge in [-0.05, 0) is 5.56 Å². The van der Waals surface area contributed by atoms with Crippen LogP contribution >= 0.6 is 11.6 Å². The van der Waals surface area contributed by atoms with Crippen LogP contribution < -0.4 is 0 Å². The second kappa shape index (κ2) is 3.92. The third-order valence-corrected chi connectivity index (χ3v) is 2.52. The summed E-state index contributed by atoms with van der Waals surface area (Å²) in [6.45, 7) is 0. The van der Waals surface area contributed by atoms with Crippen LogP contribution in [0.25, 0.3) is 11.0 Å². The van der Waals surface area contributed by atoms with Crippen LogP contribution in [-0.4, -0.2) is 32.0 Å². The first-order valence-corrected chi connectivity index (χ1v) is 4.87. The molecule has 2 aromatic rings. The largest absolute Gasteiger partial charge is 0.477 e. The maximum Gasteiger partial charge on any atom is 0.374 e. The number of carboxylic acid groups (broad SMARTS) is 1. The van der Waals surface area contributed by atoms with Crippen molar-refractivity contribution in [2.45, 2.75) is 12.3 Å². The third kappa shape index (κ3) is 2.05. The molecule has 0 aliphatic rings. The number of aromatic nitrogens is 3. The van der Waals surface area contributed by atoms with Crippen LogP contribution in [0.2, 0.25) is 5.15 Å². The number of rotatable bonds is 3. The first-order valence-electron chi connectivity index (χ1n) is 4.49. The van der Waals surface area contributed by atoms with Crippen molar-refractivity contribution >= 4 is 28.6 Å². The highest BCUT2D eigenvalue weighted by Crippen LogP contribution is 2.28. The standard InChI is InChI=1S/C9H6ClF2N3O2/c10-6-5-4(1-9(11,12)8(16)17)2-13-7(5)15-3-14-6/h2-3H,1H2,(H,16,17)(H,13,14,15). The van der Waals surface area contributed by atoms with E-state index >= 15 is 0 Å². The molecule has 0 bridgehead atoms. The molecule has 2 heterocycles. The summed E-state index contributed by atoms with van der Waals surface area (Å²) < 4.78 is 26.1. The minimum absolute atomic E-state index is 0.00689. The number of fused-ring (bicyclic) bond motifs is 1. The Hall–Kier alpha value is -1.76. The molecule has 0 aromatic carbocycles. The van der Waals surface area contributed by atoms with Crippen molar-refractivity contribution < 1.29 is 18.7 Å². The van der Waals surface area contributed by atoms with E-state index in [1.165, 1.54) is 12.5 Å². The van der Waals surface area contributed by atoms with Crippen LogP contribution in [-0.2, 0) is 11.2 Å². The zero-order chi connectivity index (χ0) is 12.6. The first-order chi connectivity index (χ1) is 7.92. The lowest BCUT2D eigenvalue weighted by Gasteiger charge is -2.09. The molecular formula is C9H6ClF2N3O2. The SMILES string of the molecule is O=C(O)C(F)(F)Cc1c[nH]c2ncnc(Cl)c12. The predicted octanol–water partition coefficient (Wildman–Crippen LogP) is 1.87. The molecule has 90 valence electrons. The van der Waals surface area contributed by atoms with Crippen molar-refractivity contribution in [3.63, 3.8) is 0 Å². The Balaban J connectivity index is 2.47. The molecule has 17 heavy (non-hydrogen) atoms. The number of halogens is 3. The number of aromatic amines is 1. The van der Waals surface area contributed by atoms with Gasteiger partial charge in [0.2, 0.25) is 0 Å². The Morgan fingerprint density at radius 2 is 2.24 bits per heavy atom. The number of hydrogen-bond donors (Lipinski definition) is 2. The quantitative estimate of drug-likeness (QED) is 0.827. The van der Waals surface area contributed by atoms with Crippen molar-refractivity contribution in [2.24, 2.45) is 0 Å². The van der Waals surface area contributed by atoms with Crippen LogP contribution in [0.4, 0.5) is 8.78 Å². The topological polar surface area (TPSA) is 78.9 Å². The number of carbonyl (C=O) groups is 1. The first kappa shape index (κ1) is 11.7. The van der Waals surface area contributed by atoms with Gasteiger partial charge >= 0.3 is 11.9 Å². The summed E-state index contributed by atoms with van der Waals surface area (Å²) in [6.07, 6.45) is 1.47. The van der Waals surface area contributed by atoms with E-state index < -0.39 is 18.3 Å². The van der Waals surface area contributed by atoms with E-state index in [1.807, 2.05) is 0 Å². The van der Waals surface area contributed by atoms with E-state index in [1.54, 1.807) is 0 Å². The Labute approximate surface area is 98.4 Å². The van der Waals surface area contributed by atoms with Crippen molar-refractivity contribution in [3.8, 4) is 0 Å². The Morgan fingerprint density at radius 3 is 2.88 bits per heavy atom. The minimum atomic E-state index is -3.85. The van der Waals surface area contributed by atoms with E-state index in [4.69, 9.17) is 16.7 Å². The molecule has 2 rings (SSSR count). The second-order valence-corrected chi connectivity index (χ2v) is 3.75. The zero-order valence-corrected chi connectivity index (χ0v) is 9.00. The fourth-order valence-electron chi connectivity index (χ4n) is 1.44. The maximum atomic E-state index is 13.1. The smallest absolute Gasteiger partial charge is 0.374 e. The van der Waals surface area contributed by atoms with E-state index in [0.29, 0.717) is 5.65 Å². The number of alkyl halides is 2. The van der Waals surface area contributed by atoms with Crippen molar-refractivity contribution in [3.05, 3.63) is 23.2 Å². The average Bonchev–Trinajstić information content (AvgIpc) is 2.62. The molecule has 0 aliphatic carbocycles. The minimum Gasteiger partial charge on any atom is -0.477 e. The molecule has 0 spiro atoms. The summed E-state index contributed by atoms with van der Waals surface area (Å²) in [5, 5.41) is 8.58. The highest BCUT2D eigenvalue weighted by molar-refractivity contribution is 6.34. The molecular weight excluding hydrogens is 256 g/mol. The van der Waals surface area contributed by atoms with Gasteiger partial charge in [0.05, 0.1) is 11.8 Å². The van der Waals surface area contributed by atoms with E-state index in [9.17, 15) is 13.6 Å². The highest BCUT2D eigenvalue weighted by Gasteiger charge is 2.39. The molecule has 2 N–H and O–H groups in total. The van der Waals surface area contributed by atoms with Crippen LogP contribution in [0.15, 0.2) is 12.5 Å². The fourth-order valence-corrected chi connectivity index (χ4v) is 1.69. The van der Waals surface area contributed by atoms with Gasteiger partial charge in [-0.3, -0.25) is 0 Å². The Kier molecular flexibility index (Phi) is 2.70. The molecule has 0 fully saturated rings. The molecule has 5 nitrogen and oxygen atoms in total. The normalized spacial score (nSPS) is 11.9. The van der Waals surface area contributed by atoms with Crippen molar-refractivity contribution in [1.29, 1.82) is 0 Å². The van der Waals surface area contributed by atoms with Gasteiger partial charge in [0, 0.05) is 6.20 Å². The second-order valence-electron chi connectivity index (χ2n) is 3.39. The fraction of sp³-hybridized carbons (Fsp3) is 0.222. The highest BCUT2D eigenvalue weighted by atomic mass is 35.5. The van der Waals surface area contributed by atoms with Gasteiger partial charge in [-0.2, -0.15) is 8.78 Å². The molecule has 0 saturated carbocycles. The van der Waals surface area contributed by atoms with E-state index in [2.05, 4.69) is 15.0 Å². The lowest BCUT2D eigenvalue weighted by atomic mass is 10.1. The van der Waals surface area contributed by atoms with Crippen LogP contribution in [0, 0.1) is 0 Å². The monoisotopic (exact) mass is 261 g/mol. The number of hydrogen-bond acceptors (Lipinski definition) is 3. The average molecular weight is 262 g/mol. The van der Waals surface area contributed by atoms with Gasteiger partial charge in [-0.1, -0.05) is 11.6 Å².